The van der Waals surface area contributed by atoms with Crippen molar-refractivity contribution in [2.24, 2.45) is 0 Å². The molecule has 1 aromatic heterocycles. The summed E-state index contributed by atoms with van der Waals surface area (Å²) >= 11 is 0. The van der Waals surface area contributed by atoms with E-state index in [1.807, 2.05) is 24.3 Å². The average Bonchev–Trinajstić information content (AvgIpc) is 2.97. The fourth-order valence-electron chi connectivity index (χ4n) is 2.92. The van der Waals surface area contributed by atoms with E-state index in [9.17, 15) is 9.59 Å². The van der Waals surface area contributed by atoms with E-state index in [1.54, 1.807) is 4.90 Å². The summed E-state index contributed by atoms with van der Waals surface area (Å²) in [4.78, 5) is 33.5. The van der Waals surface area contributed by atoms with Gasteiger partial charge in [0.15, 0.2) is 0 Å². The van der Waals surface area contributed by atoms with Crippen LogP contribution in [0.15, 0.2) is 24.3 Å². The number of aromatic nitrogens is 2. The van der Waals surface area contributed by atoms with E-state index in [0.717, 1.165) is 16.9 Å². The Kier molecular flexibility index (Phi) is 4.57. The summed E-state index contributed by atoms with van der Waals surface area (Å²) < 4.78 is 0. The van der Waals surface area contributed by atoms with E-state index in [4.69, 9.17) is 5.11 Å². The van der Waals surface area contributed by atoms with Crippen molar-refractivity contribution in [3.63, 3.8) is 0 Å². The standard InChI is InChI=1S/C16H20N4O3/c21-10-7-13-16(23)17-8-9-20(13)15(22)6-5-14-18-11-3-1-2-4-12(11)19-14/h1-4,13,21H,5-10H2,(H,17,23)(H,18,19)/t13-/m0/s1. The normalized spacial score (nSPS) is 18.2. The molecule has 0 bridgehead atoms. The van der Waals surface area contributed by atoms with Gasteiger partial charge in [0.2, 0.25) is 11.8 Å². The second-order valence-electron chi connectivity index (χ2n) is 5.61. The Balaban J connectivity index is 1.64. The minimum Gasteiger partial charge on any atom is -0.396 e. The SMILES string of the molecule is O=C1NCCN(C(=O)CCc2nc3ccccc3[nH]2)[C@H]1CCO. The zero-order chi connectivity index (χ0) is 16.2. The highest BCUT2D eigenvalue weighted by Crippen LogP contribution is 2.14. The third-order valence-electron chi connectivity index (χ3n) is 4.07. The first-order chi connectivity index (χ1) is 11.2. The Hall–Kier alpha value is -2.41. The molecule has 2 heterocycles. The quantitative estimate of drug-likeness (QED) is 0.734. The van der Waals surface area contributed by atoms with Gasteiger partial charge >= 0.3 is 0 Å². The van der Waals surface area contributed by atoms with E-state index in [-0.39, 0.29) is 31.3 Å². The van der Waals surface area contributed by atoms with Gasteiger partial charge in [-0.3, -0.25) is 9.59 Å². The summed E-state index contributed by atoms with van der Waals surface area (Å²) in [5, 5.41) is 11.8. The van der Waals surface area contributed by atoms with E-state index >= 15 is 0 Å². The maximum atomic E-state index is 12.4. The number of carbonyl (C=O) groups is 2. The number of imidazole rings is 1. The number of aromatic amines is 1. The van der Waals surface area contributed by atoms with E-state index in [0.29, 0.717) is 19.5 Å². The highest BCUT2D eigenvalue weighted by atomic mass is 16.3. The fraction of sp³-hybridized carbons (Fsp3) is 0.438. The summed E-state index contributed by atoms with van der Waals surface area (Å²) in [6.07, 6.45) is 1.05. The molecule has 122 valence electrons. The number of hydrogen-bond acceptors (Lipinski definition) is 4. The highest BCUT2D eigenvalue weighted by molar-refractivity contribution is 5.88. The molecule has 2 aromatic rings. The number of carbonyl (C=O) groups excluding carboxylic acids is 2. The molecule has 1 atom stereocenters. The van der Waals surface area contributed by atoms with Gasteiger partial charge in [-0.15, -0.1) is 0 Å². The Labute approximate surface area is 133 Å². The number of rotatable bonds is 5. The number of para-hydroxylation sites is 2. The molecule has 0 spiro atoms. The van der Waals surface area contributed by atoms with Crippen LogP contribution in [0.5, 0.6) is 0 Å². The zero-order valence-electron chi connectivity index (χ0n) is 12.8. The monoisotopic (exact) mass is 316 g/mol. The first-order valence-corrected chi connectivity index (χ1v) is 7.80. The third-order valence-corrected chi connectivity index (χ3v) is 4.07. The molecule has 0 radical (unpaired) electrons. The first-order valence-electron chi connectivity index (χ1n) is 7.80. The van der Waals surface area contributed by atoms with Gasteiger partial charge in [-0.2, -0.15) is 0 Å². The number of fused-ring (bicyclic) bond motifs is 1. The van der Waals surface area contributed by atoms with Gasteiger partial charge < -0.3 is 20.3 Å². The van der Waals surface area contributed by atoms with Crippen molar-refractivity contribution in [3.8, 4) is 0 Å². The number of aliphatic hydroxyl groups is 1. The summed E-state index contributed by atoms with van der Waals surface area (Å²) in [7, 11) is 0. The molecule has 23 heavy (non-hydrogen) atoms. The topological polar surface area (TPSA) is 98.3 Å². The molecule has 3 rings (SSSR count). The fourth-order valence-corrected chi connectivity index (χ4v) is 2.92. The molecular weight excluding hydrogens is 296 g/mol. The van der Waals surface area contributed by atoms with Gasteiger partial charge in [0.05, 0.1) is 11.0 Å². The Morgan fingerprint density at radius 3 is 3.00 bits per heavy atom. The molecule has 3 N–H and O–H groups in total. The number of aliphatic hydroxyl groups excluding tert-OH is 1. The van der Waals surface area contributed by atoms with Crippen molar-refractivity contribution < 1.29 is 14.7 Å². The lowest BCUT2D eigenvalue weighted by molar-refractivity contribution is -0.143. The van der Waals surface area contributed by atoms with Crippen molar-refractivity contribution in [1.29, 1.82) is 0 Å². The molecule has 1 aliphatic rings. The Bertz CT molecular complexity index is 679. The number of nitrogens with one attached hydrogen (secondary N) is 2. The zero-order valence-corrected chi connectivity index (χ0v) is 12.8. The highest BCUT2D eigenvalue weighted by Gasteiger charge is 2.32. The number of hydrogen-bond donors (Lipinski definition) is 3. The molecule has 2 amide bonds. The Morgan fingerprint density at radius 2 is 2.22 bits per heavy atom. The molecule has 7 nitrogen and oxygen atoms in total. The lowest BCUT2D eigenvalue weighted by atomic mass is 10.1. The largest absolute Gasteiger partial charge is 0.396 e. The molecule has 1 aromatic carbocycles. The van der Waals surface area contributed by atoms with Crippen LogP contribution in [0.1, 0.15) is 18.7 Å². The number of H-pyrrole nitrogens is 1. The maximum absolute atomic E-state index is 12.4. The third kappa shape index (κ3) is 3.34. The van der Waals surface area contributed by atoms with Crippen molar-refractivity contribution >= 4 is 22.8 Å². The number of benzene rings is 1. The van der Waals surface area contributed by atoms with Gasteiger partial charge in [0, 0.05) is 32.5 Å². The van der Waals surface area contributed by atoms with Crippen LogP contribution in [-0.4, -0.2) is 57.5 Å². The van der Waals surface area contributed by atoms with Crippen LogP contribution in [0.25, 0.3) is 11.0 Å². The lowest BCUT2D eigenvalue weighted by Crippen LogP contribution is -2.57. The molecule has 1 saturated heterocycles. The molecule has 1 fully saturated rings. The summed E-state index contributed by atoms with van der Waals surface area (Å²) in [5.74, 6) is 0.487. The van der Waals surface area contributed by atoms with Crippen LogP contribution < -0.4 is 5.32 Å². The van der Waals surface area contributed by atoms with Crippen LogP contribution in [0, 0.1) is 0 Å². The van der Waals surface area contributed by atoms with E-state index < -0.39 is 6.04 Å². The molecule has 0 aliphatic carbocycles. The maximum Gasteiger partial charge on any atom is 0.242 e. The number of amides is 2. The summed E-state index contributed by atoms with van der Waals surface area (Å²) in [6.45, 7) is 0.817. The van der Waals surface area contributed by atoms with Gasteiger partial charge in [-0.1, -0.05) is 12.1 Å². The molecule has 1 aliphatic heterocycles. The van der Waals surface area contributed by atoms with Crippen LogP contribution >= 0.6 is 0 Å². The molecular formula is C16H20N4O3. The van der Waals surface area contributed by atoms with Gasteiger partial charge in [0.25, 0.3) is 0 Å². The second kappa shape index (κ2) is 6.78. The van der Waals surface area contributed by atoms with Gasteiger partial charge in [-0.25, -0.2) is 4.98 Å². The number of nitrogens with zero attached hydrogens (tertiary/aromatic N) is 2. The summed E-state index contributed by atoms with van der Waals surface area (Å²) in [5.41, 5.74) is 1.83. The predicted molar refractivity (Wildman–Crippen MR) is 84.6 cm³/mol. The minimum atomic E-state index is -0.572. The van der Waals surface area contributed by atoms with Crippen molar-refractivity contribution in [2.45, 2.75) is 25.3 Å². The number of piperazine rings is 1. The average molecular weight is 316 g/mol. The van der Waals surface area contributed by atoms with E-state index in [1.165, 1.54) is 0 Å². The minimum absolute atomic E-state index is 0.0845. The van der Waals surface area contributed by atoms with Crippen LogP contribution in [-0.2, 0) is 16.0 Å². The summed E-state index contributed by atoms with van der Waals surface area (Å²) in [6, 6.07) is 7.14. The second-order valence-corrected chi connectivity index (χ2v) is 5.61. The molecule has 0 unspecified atom stereocenters. The predicted octanol–water partition coefficient (Wildman–Crippen LogP) is 0.205. The van der Waals surface area contributed by atoms with Crippen LogP contribution in [0.3, 0.4) is 0 Å². The van der Waals surface area contributed by atoms with E-state index in [2.05, 4.69) is 15.3 Å². The van der Waals surface area contributed by atoms with Crippen molar-refractivity contribution in [1.82, 2.24) is 20.2 Å². The van der Waals surface area contributed by atoms with Crippen LogP contribution in [0.4, 0.5) is 0 Å². The van der Waals surface area contributed by atoms with Crippen molar-refractivity contribution in [2.75, 3.05) is 19.7 Å². The smallest absolute Gasteiger partial charge is 0.242 e. The van der Waals surface area contributed by atoms with Crippen LogP contribution in [0.2, 0.25) is 0 Å². The molecule has 7 heteroatoms. The number of aryl methyl sites for hydroxylation is 1. The lowest BCUT2D eigenvalue weighted by Gasteiger charge is -2.34. The molecule has 0 saturated carbocycles. The Morgan fingerprint density at radius 1 is 1.39 bits per heavy atom. The first kappa shape index (κ1) is 15.5. The van der Waals surface area contributed by atoms with Crippen molar-refractivity contribution in [3.05, 3.63) is 30.1 Å². The van der Waals surface area contributed by atoms with Gasteiger partial charge in [-0.05, 0) is 18.6 Å². The van der Waals surface area contributed by atoms with Gasteiger partial charge in [0.1, 0.15) is 11.9 Å².